The molecule has 0 atom stereocenters. The third-order valence-corrected chi connectivity index (χ3v) is 2.37. The largest absolute Gasteiger partial charge is 0.297 e. The van der Waals surface area contributed by atoms with E-state index in [1.54, 1.807) is 6.20 Å². The fourth-order valence-electron chi connectivity index (χ4n) is 1.73. The van der Waals surface area contributed by atoms with Gasteiger partial charge in [0, 0.05) is 13.1 Å². The lowest BCUT2D eigenvalue weighted by Crippen LogP contribution is -2.25. The minimum atomic E-state index is 0.930. The first-order valence-corrected chi connectivity index (χ1v) is 5.23. The van der Waals surface area contributed by atoms with E-state index in [1.165, 1.54) is 11.1 Å². The number of hydrogen-bond donors (Lipinski definition) is 2. The van der Waals surface area contributed by atoms with Gasteiger partial charge in [-0.3, -0.25) is 15.5 Å². The van der Waals surface area contributed by atoms with Crippen molar-refractivity contribution in [2.45, 2.75) is 13.8 Å². The van der Waals surface area contributed by atoms with Crippen molar-refractivity contribution < 1.29 is 0 Å². The van der Waals surface area contributed by atoms with E-state index in [4.69, 9.17) is 0 Å². The molecule has 0 radical (unpaired) electrons. The second kappa shape index (κ2) is 4.26. The second-order valence-electron chi connectivity index (χ2n) is 3.99. The SMILES string of the molecule is Cc1cc(C)cc(NN(C)c2ccn[nH]2)c1. The monoisotopic (exact) mass is 216 g/mol. The van der Waals surface area contributed by atoms with E-state index in [-0.39, 0.29) is 0 Å². The molecule has 4 nitrogen and oxygen atoms in total. The molecule has 1 heterocycles. The number of nitrogens with zero attached hydrogens (tertiary/aromatic N) is 2. The van der Waals surface area contributed by atoms with E-state index in [9.17, 15) is 0 Å². The molecule has 1 aromatic heterocycles. The summed E-state index contributed by atoms with van der Waals surface area (Å²) in [5.41, 5.74) is 6.87. The molecule has 0 aliphatic carbocycles. The first-order chi connectivity index (χ1) is 7.65. The summed E-state index contributed by atoms with van der Waals surface area (Å²) in [4.78, 5) is 0. The first kappa shape index (κ1) is 10.5. The Morgan fingerprint density at radius 1 is 1.19 bits per heavy atom. The standard InChI is InChI=1S/C12H16N4/c1-9-6-10(2)8-11(7-9)15-16(3)12-4-5-13-14-12/h4-8,15H,1-3H3,(H,13,14). The van der Waals surface area contributed by atoms with Crippen LogP contribution in [0.15, 0.2) is 30.5 Å². The smallest absolute Gasteiger partial charge is 0.142 e. The number of nitrogens with one attached hydrogen (secondary N) is 2. The normalized spacial score (nSPS) is 10.2. The lowest BCUT2D eigenvalue weighted by Gasteiger charge is -2.20. The number of hydrogen-bond acceptors (Lipinski definition) is 3. The van der Waals surface area contributed by atoms with Crippen molar-refractivity contribution in [3.05, 3.63) is 41.6 Å². The first-order valence-electron chi connectivity index (χ1n) is 5.23. The van der Waals surface area contributed by atoms with Gasteiger partial charge in [0.1, 0.15) is 5.82 Å². The van der Waals surface area contributed by atoms with Crippen molar-refractivity contribution in [2.75, 3.05) is 17.5 Å². The van der Waals surface area contributed by atoms with Crippen LogP contribution in [0.3, 0.4) is 0 Å². The molecule has 0 unspecified atom stereocenters. The predicted molar refractivity (Wildman–Crippen MR) is 66.5 cm³/mol. The maximum absolute atomic E-state index is 3.91. The average Bonchev–Trinajstić information content (AvgIpc) is 2.68. The molecule has 84 valence electrons. The van der Waals surface area contributed by atoms with Gasteiger partial charge in [-0.25, -0.2) is 0 Å². The predicted octanol–water partition coefficient (Wildman–Crippen LogP) is 2.49. The van der Waals surface area contributed by atoms with E-state index in [1.807, 2.05) is 18.1 Å². The molecule has 1 aromatic carbocycles. The number of aryl methyl sites for hydroxylation is 2. The third-order valence-electron chi connectivity index (χ3n) is 2.37. The number of aromatic amines is 1. The van der Waals surface area contributed by atoms with E-state index >= 15 is 0 Å². The van der Waals surface area contributed by atoms with Gasteiger partial charge in [-0.1, -0.05) is 6.07 Å². The van der Waals surface area contributed by atoms with Crippen LogP contribution >= 0.6 is 0 Å². The highest BCUT2D eigenvalue weighted by Gasteiger charge is 2.02. The molecule has 2 rings (SSSR count). The fourth-order valence-corrected chi connectivity index (χ4v) is 1.73. The summed E-state index contributed by atoms with van der Waals surface area (Å²) in [5, 5.41) is 8.72. The number of H-pyrrole nitrogens is 1. The summed E-state index contributed by atoms with van der Waals surface area (Å²) in [6.45, 7) is 4.18. The van der Waals surface area contributed by atoms with Crippen molar-refractivity contribution >= 4 is 11.5 Å². The summed E-state index contributed by atoms with van der Waals surface area (Å²) in [6, 6.07) is 8.29. The number of anilines is 2. The van der Waals surface area contributed by atoms with Gasteiger partial charge in [0.05, 0.1) is 11.9 Å². The molecule has 0 fully saturated rings. The number of hydrazine groups is 1. The van der Waals surface area contributed by atoms with Crippen LogP contribution in [0.4, 0.5) is 11.5 Å². The molecular formula is C12H16N4. The average molecular weight is 216 g/mol. The second-order valence-corrected chi connectivity index (χ2v) is 3.99. The molecule has 0 aliphatic rings. The van der Waals surface area contributed by atoms with Crippen LogP contribution in [0.2, 0.25) is 0 Å². The van der Waals surface area contributed by atoms with Crippen LogP contribution in [0.25, 0.3) is 0 Å². The lowest BCUT2D eigenvalue weighted by atomic mass is 10.1. The lowest BCUT2D eigenvalue weighted by molar-refractivity contribution is 0.996. The van der Waals surface area contributed by atoms with E-state index in [0.29, 0.717) is 0 Å². The van der Waals surface area contributed by atoms with Crippen molar-refractivity contribution in [3.8, 4) is 0 Å². The molecule has 2 N–H and O–H groups in total. The van der Waals surface area contributed by atoms with Gasteiger partial charge in [-0.15, -0.1) is 0 Å². The highest BCUT2D eigenvalue weighted by Crippen LogP contribution is 2.16. The Morgan fingerprint density at radius 2 is 1.88 bits per heavy atom. The zero-order valence-electron chi connectivity index (χ0n) is 9.78. The maximum atomic E-state index is 3.91. The minimum Gasteiger partial charge on any atom is -0.297 e. The minimum absolute atomic E-state index is 0.930. The Bertz CT molecular complexity index is 442. The molecule has 0 bridgehead atoms. The quantitative estimate of drug-likeness (QED) is 0.775. The van der Waals surface area contributed by atoms with Crippen molar-refractivity contribution in [3.63, 3.8) is 0 Å². The molecule has 4 heteroatoms. The Morgan fingerprint density at radius 3 is 2.44 bits per heavy atom. The zero-order valence-corrected chi connectivity index (χ0v) is 9.78. The highest BCUT2D eigenvalue weighted by molar-refractivity contribution is 5.53. The molecule has 0 saturated carbocycles. The number of rotatable bonds is 3. The van der Waals surface area contributed by atoms with E-state index in [2.05, 4.69) is 47.7 Å². The summed E-state index contributed by atoms with van der Waals surface area (Å²) in [6.07, 6.45) is 1.73. The summed E-state index contributed by atoms with van der Waals surface area (Å²) < 4.78 is 0. The van der Waals surface area contributed by atoms with Crippen LogP contribution in [0.1, 0.15) is 11.1 Å². The Balaban J connectivity index is 2.15. The van der Waals surface area contributed by atoms with Crippen LogP contribution in [0.5, 0.6) is 0 Å². The zero-order chi connectivity index (χ0) is 11.5. The molecule has 0 aliphatic heterocycles. The van der Waals surface area contributed by atoms with E-state index < -0.39 is 0 Å². The van der Waals surface area contributed by atoms with Crippen LogP contribution in [0, 0.1) is 13.8 Å². The topological polar surface area (TPSA) is 44.0 Å². The van der Waals surface area contributed by atoms with Crippen molar-refractivity contribution in [1.82, 2.24) is 10.2 Å². The Kier molecular flexibility index (Phi) is 2.81. The Hall–Kier alpha value is -1.97. The van der Waals surface area contributed by atoms with E-state index in [0.717, 1.165) is 11.5 Å². The van der Waals surface area contributed by atoms with Gasteiger partial charge in [-0.2, -0.15) is 5.10 Å². The molecule has 0 saturated heterocycles. The maximum Gasteiger partial charge on any atom is 0.142 e. The van der Waals surface area contributed by atoms with Gasteiger partial charge in [0.15, 0.2) is 0 Å². The molecule has 0 spiro atoms. The summed E-state index contributed by atoms with van der Waals surface area (Å²) in [7, 11) is 1.95. The van der Waals surface area contributed by atoms with Gasteiger partial charge < -0.3 is 0 Å². The van der Waals surface area contributed by atoms with Gasteiger partial charge in [0.2, 0.25) is 0 Å². The summed E-state index contributed by atoms with van der Waals surface area (Å²) in [5.74, 6) is 0.930. The molecule has 2 aromatic rings. The Labute approximate surface area is 95.3 Å². The van der Waals surface area contributed by atoms with Crippen LogP contribution in [-0.4, -0.2) is 17.2 Å². The number of benzene rings is 1. The molecule has 16 heavy (non-hydrogen) atoms. The van der Waals surface area contributed by atoms with Gasteiger partial charge in [0.25, 0.3) is 0 Å². The van der Waals surface area contributed by atoms with Gasteiger partial charge in [-0.05, 0) is 37.1 Å². The van der Waals surface area contributed by atoms with Crippen molar-refractivity contribution in [1.29, 1.82) is 0 Å². The third kappa shape index (κ3) is 2.34. The molecule has 0 amide bonds. The summed E-state index contributed by atoms with van der Waals surface area (Å²) >= 11 is 0. The molecular weight excluding hydrogens is 200 g/mol. The van der Waals surface area contributed by atoms with Crippen molar-refractivity contribution in [2.24, 2.45) is 0 Å². The van der Waals surface area contributed by atoms with Gasteiger partial charge >= 0.3 is 0 Å². The van der Waals surface area contributed by atoms with Crippen LogP contribution in [-0.2, 0) is 0 Å². The highest BCUT2D eigenvalue weighted by atomic mass is 15.5. The number of aromatic nitrogens is 2. The van der Waals surface area contributed by atoms with Crippen LogP contribution < -0.4 is 10.4 Å². The fraction of sp³-hybridized carbons (Fsp3) is 0.250.